The highest BCUT2D eigenvalue weighted by atomic mass is 32.2. The van der Waals surface area contributed by atoms with Gasteiger partial charge in [0.2, 0.25) is 0 Å². The minimum Gasteiger partial charge on any atom is -0.392 e. The standard InChI is InChI=1S/C24H30N4O4S/c1-24(2,30)13-17-14-26-21(15-25-17)27-23(29)22(28-32-18-5-3-4-6-18)16-7-9-19(10-8-16)33(31)20-11-12-20/h7-10,14-15,18,20,30H,3-6,11-13H2,1-2H3,(H,26,27,29)/b28-22+. The van der Waals surface area contributed by atoms with Crippen LogP contribution in [0, 0.1) is 0 Å². The van der Waals surface area contributed by atoms with Crippen LogP contribution in [0.25, 0.3) is 0 Å². The monoisotopic (exact) mass is 470 g/mol. The Morgan fingerprint density at radius 2 is 1.85 bits per heavy atom. The Balaban J connectivity index is 1.50. The van der Waals surface area contributed by atoms with Crippen LogP contribution in [0.15, 0.2) is 46.7 Å². The van der Waals surface area contributed by atoms with Crippen molar-refractivity contribution in [3.63, 3.8) is 0 Å². The molecule has 2 N–H and O–H groups in total. The van der Waals surface area contributed by atoms with Gasteiger partial charge in [0.1, 0.15) is 6.10 Å². The van der Waals surface area contributed by atoms with Gasteiger partial charge in [-0.3, -0.25) is 14.0 Å². The SMILES string of the molecule is CC(C)(O)Cc1cnc(NC(=O)/C(=N/OC2CCCC2)c2ccc(S(=O)C3CC3)cc2)cn1. The van der Waals surface area contributed by atoms with Crippen molar-refractivity contribution in [1.82, 2.24) is 9.97 Å². The molecule has 1 aromatic carbocycles. The van der Waals surface area contributed by atoms with E-state index in [1.165, 1.54) is 12.4 Å². The lowest BCUT2D eigenvalue weighted by atomic mass is 10.0. The highest BCUT2D eigenvalue weighted by Crippen LogP contribution is 2.30. The Kier molecular flexibility index (Phi) is 7.19. The van der Waals surface area contributed by atoms with E-state index in [-0.39, 0.29) is 22.9 Å². The Labute approximate surface area is 196 Å². The summed E-state index contributed by atoms with van der Waals surface area (Å²) in [6, 6.07) is 7.08. The molecule has 1 unspecified atom stereocenters. The zero-order valence-electron chi connectivity index (χ0n) is 19.0. The number of aliphatic hydroxyl groups is 1. The van der Waals surface area contributed by atoms with Crippen LogP contribution >= 0.6 is 0 Å². The number of carbonyl (C=O) groups excluding carboxylic acids is 1. The van der Waals surface area contributed by atoms with Crippen molar-refractivity contribution in [2.45, 2.75) is 80.6 Å². The molecule has 33 heavy (non-hydrogen) atoms. The number of hydrogen-bond acceptors (Lipinski definition) is 7. The summed E-state index contributed by atoms with van der Waals surface area (Å²) in [6.45, 7) is 3.39. The van der Waals surface area contributed by atoms with Gasteiger partial charge in [-0.1, -0.05) is 17.3 Å². The van der Waals surface area contributed by atoms with Crippen molar-refractivity contribution in [3.8, 4) is 0 Å². The molecule has 2 aliphatic carbocycles. The van der Waals surface area contributed by atoms with Crippen molar-refractivity contribution >= 4 is 28.2 Å². The molecule has 0 spiro atoms. The lowest BCUT2D eigenvalue weighted by Crippen LogP contribution is -2.26. The zero-order chi connectivity index (χ0) is 23.4. The van der Waals surface area contributed by atoms with E-state index < -0.39 is 22.3 Å². The number of nitrogens with one attached hydrogen (secondary N) is 1. The predicted molar refractivity (Wildman–Crippen MR) is 126 cm³/mol. The second-order valence-electron chi connectivity index (χ2n) is 9.31. The lowest BCUT2D eigenvalue weighted by molar-refractivity contribution is -0.110. The molecule has 1 atom stereocenters. The van der Waals surface area contributed by atoms with Crippen molar-refractivity contribution in [1.29, 1.82) is 0 Å². The van der Waals surface area contributed by atoms with Gasteiger partial charge < -0.3 is 15.3 Å². The summed E-state index contributed by atoms with van der Waals surface area (Å²) in [5, 5.41) is 17.1. The predicted octanol–water partition coefficient (Wildman–Crippen LogP) is 3.36. The Bertz CT molecular complexity index is 1020. The lowest BCUT2D eigenvalue weighted by Gasteiger charge is -2.16. The van der Waals surface area contributed by atoms with Gasteiger partial charge in [-0.2, -0.15) is 0 Å². The third-order valence-corrected chi connectivity index (χ3v) is 7.37. The fourth-order valence-electron chi connectivity index (χ4n) is 3.70. The van der Waals surface area contributed by atoms with Crippen molar-refractivity contribution in [2.75, 3.05) is 5.32 Å². The summed E-state index contributed by atoms with van der Waals surface area (Å²) < 4.78 is 12.4. The molecule has 176 valence electrons. The molecular weight excluding hydrogens is 440 g/mol. The Morgan fingerprint density at radius 3 is 2.42 bits per heavy atom. The van der Waals surface area contributed by atoms with E-state index in [9.17, 15) is 14.1 Å². The molecule has 2 saturated carbocycles. The first-order chi connectivity index (χ1) is 15.8. The maximum Gasteiger partial charge on any atom is 0.279 e. The number of nitrogens with zero attached hydrogens (tertiary/aromatic N) is 3. The first-order valence-electron chi connectivity index (χ1n) is 11.4. The number of rotatable bonds is 9. The van der Waals surface area contributed by atoms with E-state index in [1.54, 1.807) is 38.1 Å². The molecule has 2 aliphatic rings. The maximum absolute atomic E-state index is 13.1. The fraction of sp³-hybridized carbons (Fsp3) is 0.500. The van der Waals surface area contributed by atoms with Gasteiger partial charge in [-0.05, 0) is 64.5 Å². The molecule has 0 radical (unpaired) electrons. The zero-order valence-corrected chi connectivity index (χ0v) is 19.8. The minimum atomic E-state index is -1.01. The molecule has 2 aromatic rings. The van der Waals surface area contributed by atoms with Gasteiger partial charge in [0.05, 0.1) is 34.5 Å². The summed E-state index contributed by atoms with van der Waals surface area (Å²) in [4.78, 5) is 28.0. The largest absolute Gasteiger partial charge is 0.392 e. The average molecular weight is 471 g/mol. The first kappa shape index (κ1) is 23.5. The van der Waals surface area contributed by atoms with Gasteiger partial charge >= 0.3 is 0 Å². The van der Waals surface area contributed by atoms with E-state index >= 15 is 0 Å². The molecule has 1 heterocycles. The Hall–Kier alpha value is -2.65. The molecule has 8 nitrogen and oxygen atoms in total. The van der Waals surface area contributed by atoms with Crippen LogP contribution in [0.1, 0.15) is 63.6 Å². The van der Waals surface area contributed by atoms with Gasteiger partial charge in [0.15, 0.2) is 11.5 Å². The second-order valence-corrected chi connectivity index (χ2v) is 11.0. The van der Waals surface area contributed by atoms with Crippen LogP contribution in [0.5, 0.6) is 0 Å². The summed E-state index contributed by atoms with van der Waals surface area (Å²) >= 11 is 0. The molecule has 0 saturated heterocycles. The van der Waals surface area contributed by atoms with Crippen LogP contribution in [-0.2, 0) is 26.9 Å². The number of oxime groups is 1. The van der Waals surface area contributed by atoms with E-state index in [4.69, 9.17) is 4.84 Å². The smallest absolute Gasteiger partial charge is 0.279 e. The summed E-state index contributed by atoms with van der Waals surface area (Å²) in [7, 11) is -1.01. The highest BCUT2D eigenvalue weighted by molar-refractivity contribution is 7.86. The topological polar surface area (TPSA) is 114 Å². The average Bonchev–Trinajstić information content (AvgIpc) is 3.50. The van der Waals surface area contributed by atoms with Gasteiger partial charge in [0, 0.05) is 22.1 Å². The normalized spacial score (nSPS) is 18.2. The van der Waals surface area contributed by atoms with E-state index in [0.717, 1.165) is 43.4 Å². The number of aromatic nitrogens is 2. The summed E-state index contributed by atoms with van der Waals surface area (Å²) in [5.41, 5.74) is 0.437. The van der Waals surface area contributed by atoms with Crippen LogP contribution in [0.4, 0.5) is 5.82 Å². The van der Waals surface area contributed by atoms with E-state index in [1.807, 2.05) is 0 Å². The van der Waals surface area contributed by atoms with E-state index in [2.05, 4.69) is 20.4 Å². The van der Waals surface area contributed by atoms with Crippen LogP contribution < -0.4 is 5.32 Å². The Morgan fingerprint density at radius 1 is 1.15 bits per heavy atom. The molecule has 9 heteroatoms. The molecule has 1 aromatic heterocycles. The molecule has 1 amide bonds. The van der Waals surface area contributed by atoms with Crippen LogP contribution in [0.3, 0.4) is 0 Å². The number of anilines is 1. The number of amides is 1. The van der Waals surface area contributed by atoms with E-state index in [0.29, 0.717) is 17.7 Å². The van der Waals surface area contributed by atoms with Gasteiger partial charge in [-0.25, -0.2) is 4.98 Å². The van der Waals surface area contributed by atoms with Crippen molar-refractivity contribution in [3.05, 3.63) is 47.9 Å². The third kappa shape index (κ3) is 6.68. The first-order valence-corrected chi connectivity index (χ1v) is 12.6. The molecule has 0 aliphatic heterocycles. The molecule has 4 rings (SSSR count). The summed E-state index contributed by atoms with van der Waals surface area (Å²) in [5.74, 6) is -0.187. The highest BCUT2D eigenvalue weighted by Gasteiger charge is 2.29. The van der Waals surface area contributed by atoms with Crippen LogP contribution in [-0.4, -0.2) is 47.9 Å². The van der Waals surface area contributed by atoms with Crippen LogP contribution in [0.2, 0.25) is 0 Å². The second kappa shape index (κ2) is 10.1. The number of carbonyl (C=O) groups is 1. The number of benzene rings is 1. The van der Waals surface area contributed by atoms with Gasteiger partial charge in [0.25, 0.3) is 5.91 Å². The van der Waals surface area contributed by atoms with Crippen molar-refractivity contribution < 1.29 is 18.9 Å². The molecular formula is C24H30N4O4S. The minimum absolute atomic E-state index is 0.00959. The number of hydrogen-bond donors (Lipinski definition) is 2. The maximum atomic E-state index is 13.1. The van der Waals surface area contributed by atoms with Gasteiger partial charge in [-0.15, -0.1) is 0 Å². The quantitative estimate of drug-likeness (QED) is 0.429. The summed E-state index contributed by atoms with van der Waals surface area (Å²) in [6.07, 6.45) is 9.37. The van der Waals surface area contributed by atoms with Crippen molar-refractivity contribution in [2.24, 2.45) is 5.16 Å². The fourth-order valence-corrected chi connectivity index (χ4v) is 5.05. The molecule has 0 bridgehead atoms. The molecule has 2 fully saturated rings. The third-order valence-electron chi connectivity index (χ3n) is 5.56.